The molecule has 1 amide bonds. The van der Waals surface area contributed by atoms with Crippen LogP contribution in [0.5, 0.6) is 5.75 Å². The number of nitrogens with one attached hydrogen (secondary N) is 1. The predicted octanol–water partition coefficient (Wildman–Crippen LogP) is 1.90. The van der Waals surface area contributed by atoms with Crippen LogP contribution in [-0.2, 0) is 4.79 Å². The second-order valence-corrected chi connectivity index (χ2v) is 6.22. The van der Waals surface area contributed by atoms with Crippen molar-refractivity contribution in [3.05, 3.63) is 30.0 Å². The minimum absolute atomic E-state index is 0.151. The van der Waals surface area contributed by atoms with E-state index in [1.165, 1.54) is 6.92 Å². The molecule has 1 aromatic carbocycles. The number of anilines is 1. The number of carbonyl (C=O) groups excluding carboxylic acids is 2. The summed E-state index contributed by atoms with van der Waals surface area (Å²) in [5, 5.41) is 11.4. The molecule has 0 saturated carbocycles. The van der Waals surface area contributed by atoms with Gasteiger partial charge in [0.15, 0.2) is 17.3 Å². The quantitative estimate of drug-likeness (QED) is 0.573. The number of aromatic nitrogens is 3. The molecule has 1 aliphatic rings. The fourth-order valence-corrected chi connectivity index (χ4v) is 3.00. The summed E-state index contributed by atoms with van der Waals surface area (Å²) in [5.41, 5.74) is 1.08. The van der Waals surface area contributed by atoms with Gasteiger partial charge in [-0.3, -0.25) is 9.59 Å². The summed E-state index contributed by atoms with van der Waals surface area (Å²) in [6, 6.07) is 7.36. The Balaban J connectivity index is 1.70. The lowest BCUT2D eigenvalue weighted by atomic mass is 10.2. The Bertz CT molecular complexity index is 785. The van der Waals surface area contributed by atoms with Gasteiger partial charge in [0.1, 0.15) is 5.75 Å². The van der Waals surface area contributed by atoms with Crippen LogP contribution in [0.1, 0.15) is 36.7 Å². The summed E-state index contributed by atoms with van der Waals surface area (Å²) >= 11 is 0. The molecule has 138 valence electrons. The maximum Gasteiger partial charge on any atom is 0.222 e. The Morgan fingerprint density at radius 1 is 1.31 bits per heavy atom. The molecule has 1 N–H and O–H groups in total. The van der Waals surface area contributed by atoms with Crippen molar-refractivity contribution in [2.75, 3.05) is 32.1 Å². The topological polar surface area (TPSA) is 89.3 Å². The Morgan fingerprint density at radius 2 is 2.08 bits per heavy atom. The molecule has 0 spiro atoms. The molecule has 3 rings (SSSR count). The summed E-state index contributed by atoms with van der Waals surface area (Å²) in [6.45, 7) is 3.64. The first-order valence-electron chi connectivity index (χ1n) is 8.73. The monoisotopic (exact) mass is 357 g/mol. The number of rotatable bonds is 8. The van der Waals surface area contributed by atoms with Gasteiger partial charge in [-0.1, -0.05) is 5.21 Å². The zero-order chi connectivity index (χ0) is 18.5. The van der Waals surface area contributed by atoms with E-state index in [1.807, 2.05) is 29.2 Å². The van der Waals surface area contributed by atoms with Crippen molar-refractivity contribution in [2.24, 2.45) is 0 Å². The van der Waals surface area contributed by atoms with Gasteiger partial charge < -0.3 is 15.0 Å². The largest absolute Gasteiger partial charge is 0.497 e. The predicted molar refractivity (Wildman–Crippen MR) is 96.8 cm³/mol. The molecular formula is C18H23N5O3. The minimum Gasteiger partial charge on any atom is -0.497 e. The molecule has 26 heavy (non-hydrogen) atoms. The smallest absolute Gasteiger partial charge is 0.222 e. The number of amides is 1. The van der Waals surface area contributed by atoms with Crippen molar-refractivity contribution in [1.82, 2.24) is 19.9 Å². The fourth-order valence-electron chi connectivity index (χ4n) is 3.00. The molecule has 2 heterocycles. The van der Waals surface area contributed by atoms with Crippen LogP contribution >= 0.6 is 0 Å². The fraction of sp³-hybridized carbons (Fsp3) is 0.444. The number of ketones is 1. The molecule has 8 nitrogen and oxygen atoms in total. The Morgan fingerprint density at radius 3 is 2.69 bits per heavy atom. The number of carbonyl (C=O) groups is 2. The molecule has 1 saturated heterocycles. The van der Waals surface area contributed by atoms with Crippen LogP contribution in [-0.4, -0.2) is 58.3 Å². The van der Waals surface area contributed by atoms with Gasteiger partial charge in [0, 0.05) is 33.0 Å². The van der Waals surface area contributed by atoms with E-state index in [4.69, 9.17) is 4.74 Å². The second kappa shape index (κ2) is 7.99. The summed E-state index contributed by atoms with van der Waals surface area (Å²) in [7, 11) is 1.61. The average molecular weight is 357 g/mol. The lowest BCUT2D eigenvalue weighted by Gasteiger charge is -2.16. The van der Waals surface area contributed by atoms with Gasteiger partial charge in [0.05, 0.1) is 12.8 Å². The van der Waals surface area contributed by atoms with Crippen molar-refractivity contribution < 1.29 is 14.3 Å². The molecule has 0 radical (unpaired) electrons. The van der Waals surface area contributed by atoms with Crippen molar-refractivity contribution in [3.63, 3.8) is 0 Å². The van der Waals surface area contributed by atoms with Crippen LogP contribution in [0.4, 0.5) is 5.82 Å². The maximum atomic E-state index is 11.9. The van der Waals surface area contributed by atoms with Crippen molar-refractivity contribution in [2.45, 2.75) is 26.2 Å². The van der Waals surface area contributed by atoms with E-state index in [1.54, 1.807) is 11.8 Å². The lowest BCUT2D eigenvalue weighted by Crippen LogP contribution is -2.27. The molecule has 0 aliphatic carbocycles. The van der Waals surface area contributed by atoms with Crippen molar-refractivity contribution >= 4 is 17.5 Å². The molecular weight excluding hydrogens is 334 g/mol. The average Bonchev–Trinajstić information content (AvgIpc) is 3.25. The molecule has 8 heteroatoms. The van der Waals surface area contributed by atoms with Gasteiger partial charge in [-0.25, -0.2) is 0 Å². The Kier molecular flexibility index (Phi) is 5.50. The summed E-state index contributed by atoms with van der Waals surface area (Å²) in [6.07, 6.45) is 2.38. The van der Waals surface area contributed by atoms with E-state index < -0.39 is 0 Å². The van der Waals surface area contributed by atoms with E-state index in [2.05, 4.69) is 15.6 Å². The zero-order valence-electron chi connectivity index (χ0n) is 15.1. The number of hydrogen-bond acceptors (Lipinski definition) is 6. The van der Waals surface area contributed by atoms with Crippen LogP contribution in [0.3, 0.4) is 0 Å². The summed E-state index contributed by atoms with van der Waals surface area (Å²) in [5.74, 6) is 1.38. The molecule has 0 atom stereocenters. The Hall–Kier alpha value is -2.90. The van der Waals surface area contributed by atoms with E-state index in [9.17, 15) is 9.59 Å². The van der Waals surface area contributed by atoms with Crippen molar-refractivity contribution in [3.8, 4) is 11.4 Å². The highest BCUT2D eigenvalue weighted by molar-refractivity contribution is 5.96. The number of benzene rings is 1. The normalized spacial score (nSPS) is 13.9. The molecule has 1 aromatic heterocycles. The third kappa shape index (κ3) is 3.84. The summed E-state index contributed by atoms with van der Waals surface area (Å²) in [4.78, 5) is 25.4. The molecule has 0 unspecified atom stereocenters. The van der Waals surface area contributed by atoms with Crippen LogP contribution < -0.4 is 10.1 Å². The number of likely N-dealkylation sites (tertiary alicyclic amines) is 1. The lowest BCUT2D eigenvalue weighted by molar-refractivity contribution is -0.127. The number of methoxy groups -OCH3 is 1. The number of nitrogens with zero attached hydrogens (tertiary/aromatic N) is 4. The zero-order valence-corrected chi connectivity index (χ0v) is 15.1. The van der Waals surface area contributed by atoms with Gasteiger partial charge in [-0.2, -0.15) is 4.68 Å². The standard InChI is InChI=1S/C18H23N5O3/c1-13(24)17-18(19-10-4-12-22-11-3-5-16(22)25)23(21-20-17)14-6-8-15(26-2)9-7-14/h6-9,19H,3-5,10-12H2,1-2H3. The molecule has 2 aromatic rings. The number of ether oxygens (including phenoxy) is 1. The number of hydrogen-bond donors (Lipinski definition) is 1. The van der Waals surface area contributed by atoms with E-state index in [0.717, 1.165) is 30.8 Å². The van der Waals surface area contributed by atoms with E-state index in [-0.39, 0.29) is 11.7 Å². The highest BCUT2D eigenvalue weighted by Crippen LogP contribution is 2.21. The molecule has 0 bridgehead atoms. The van der Waals surface area contributed by atoms with Gasteiger partial charge in [-0.15, -0.1) is 5.10 Å². The minimum atomic E-state index is -0.151. The summed E-state index contributed by atoms with van der Waals surface area (Å²) < 4.78 is 6.78. The highest BCUT2D eigenvalue weighted by Gasteiger charge is 2.20. The number of Topliss-reactive ketones (excluding diaryl/α,β-unsaturated/α-hetero) is 1. The first kappa shape index (κ1) is 17.9. The first-order chi connectivity index (χ1) is 12.6. The molecule has 1 aliphatic heterocycles. The second-order valence-electron chi connectivity index (χ2n) is 6.22. The van der Waals surface area contributed by atoms with Gasteiger partial charge in [0.2, 0.25) is 5.91 Å². The maximum absolute atomic E-state index is 11.9. The van der Waals surface area contributed by atoms with Gasteiger partial charge in [0.25, 0.3) is 0 Å². The van der Waals surface area contributed by atoms with Crippen LogP contribution in [0.25, 0.3) is 5.69 Å². The first-order valence-corrected chi connectivity index (χ1v) is 8.73. The Labute approximate surface area is 152 Å². The van der Waals surface area contributed by atoms with E-state index in [0.29, 0.717) is 31.0 Å². The van der Waals surface area contributed by atoms with E-state index >= 15 is 0 Å². The van der Waals surface area contributed by atoms with Crippen LogP contribution in [0, 0.1) is 0 Å². The van der Waals surface area contributed by atoms with Crippen LogP contribution in [0.15, 0.2) is 24.3 Å². The third-order valence-corrected chi connectivity index (χ3v) is 4.39. The van der Waals surface area contributed by atoms with Crippen molar-refractivity contribution in [1.29, 1.82) is 0 Å². The third-order valence-electron chi connectivity index (χ3n) is 4.39. The SMILES string of the molecule is COc1ccc(-n2nnc(C(C)=O)c2NCCCN2CCCC2=O)cc1. The van der Waals surface area contributed by atoms with Crippen LogP contribution in [0.2, 0.25) is 0 Å². The van der Waals surface area contributed by atoms with Gasteiger partial charge in [-0.05, 0) is 37.1 Å². The highest BCUT2D eigenvalue weighted by atomic mass is 16.5. The van der Waals surface area contributed by atoms with Gasteiger partial charge >= 0.3 is 0 Å². The molecule has 1 fully saturated rings.